The van der Waals surface area contributed by atoms with Gasteiger partial charge in [0.05, 0.1) is 11.7 Å². The third-order valence-corrected chi connectivity index (χ3v) is 4.84. The molecule has 28 heavy (non-hydrogen) atoms. The number of hydrogen-bond acceptors (Lipinski definition) is 4. The molecule has 1 saturated heterocycles. The first-order valence-corrected chi connectivity index (χ1v) is 9.60. The maximum absolute atomic E-state index is 12.7. The van der Waals surface area contributed by atoms with Crippen LogP contribution in [0.15, 0.2) is 60.8 Å². The fourth-order valence-electron chi connectivity index (χ4n) is 3.37. The summed E-state index contributed by atoms with van der Waals surface area (Å²) in [6, 6.07) is 17.3. The van der Waals surface area contributed by atoms with Crippen LogP contribution >= 0.6 is 0 Å². The van der Waals surface area contributed by atoms with E-state index in [2.05, 4.69) is 15.7 Å². The van der Waals surface area contributed by atoms with Gasteiger partial charge in [0.1, 0.15) is 5.75 Å². The van der Waals surface area contributed by atoms with Crippen molar-refractivity contribution in [1.82, 2.24) is 15.1 Å². The van der Waals surface area contributed by atoms with Crippen LogP contribution in [0.25, 0.3) is 0 Å². The molecule has 0 radical (unpaired) electrons. The Morgan fingerprint density at radius 3 is 2.93 bits per heavy atom. The predicted octanol–water partition coefficient (Wildman–Crippen LogP) is 4.16. The molecule has 0 spiro atoms. The van der Waals surface area contributed by atoms with Crippen LogP contribution in [0, 0.1) is 6.92 Å². The van der Waals surface area contributed by atoms with E-state index in [4.69, 9.17) is 4.74 Å². The van der Waals surface area contributed by atoms with Gasteiger partial charge in [-0.05, 0) is 62.2 Å². The van der Waals surface area contributed by atoms with Gasteiger partial charge in [-0.3, -0.25) is 9.48 Å². The number of carbonyl (C=O) groups is 1. The van der Waals surface area contributed by atoms with Crippen LogP contribution in [-0.4, -0.2) is 28.8 Å². The molecule has 1 aromatic heterocycles. The Hall–Kier alpha value is -3.12. The van der Waals surface area contributed by atoms with E-state index in [0.717, 1.165) is 37.2 Å². The normalized spacial score (nSPS) is 16.5. The zero-order chi connectivity index (χ0) is 19.3. The van der Waals surface area contributed by atoms with Crippen LogP contribution in [-0.2, 0) is 0 Å². The predicted molar refractivity (Wildman–Crippen MR) is 109 cm³/mol. The van der Waals surface area contributed by atoms with Crippen LogP contribution in [0.3, 0.4) is 0 Å². The highest BCUT2D eigenvalue weighted by Crippen LogP contribution is 2.30. The number of amides is 1. The molecule has 144 valence electrons. The highest BCUT2D eigenvalue weighted by molar-refractivity contribution is 6.03. The number of ether oxygens (including phenoxy) is 1. The number of aryl methyl sites for hydroxylation is 1. The van der Waals surface area contributed by atoms with Gasteiger partial charge in [-0.25, -0.2) is 0 Å². The molecule has 2 aromatic carbocycles. The number of rotatable bonds is 5. The largest absolute Gasteiger partial charge is 0.455 e. The van der Waals surface area contributed by atoms with Crippen molar-refractivity contribution in [3.63, 3.8) is 0 Å². The number of carbonyl (C=O) groups excluding carboxylic acids is 1. The van der Waals surface area contributed by atoms with Crippen molar-refractivity contribution in [2.45, 2.75) is 25.8 Å². The van der Waals surface area contributed by atoms with E-state index >= 15 is 0 Å². The molecular weight excluding hydrogens is 352 g/mol. The Bertz CT molecular complexity index is 960. The molecule has 0 aliphatic carbocycles. The summed E-state index contributed by atoms with van der Waals surface area (Å²) in [7, 11) is 0. The Morgan fingerprint density at radius 2 is 2.11 bits per heavy atom. The average molecular weight is 376 g/mol. The van der Waals surface area contributed by atoms with E-state index in [0.29, 0.717) is 23.2 Å². The van der Waals surface area contributed by atoms with Crippen molar-refractivity contribution < 1.29 is 9.53 Å². The van der Waals surface area contributed by atoms with Crippen LogP contribution in [0.2, 0.25) is 0 Å². The van der Waals surface area contributed by atoms with Crippen molar-refractivity contribution >= 4 is 11.6 Å². The summed E-state index contributed by atoms with van der Waals surface area (Å²) in [4.78, 5) is 12.7. The van der Waals surface area contributed by atoms with Crippen molar-refractivity contribution in [3.05, 3.63) is 72.1 Å². The van der Waals surface area contributed by atoms with Crippen LogP contribution in [0.5, 0.6) is 11.5 Å². The number of para-hydroxylation sites is 2. The highest BCUT2D eigenvalue weighted by atomic mass is 16.5. The second-order valence-corrected chi connectivity index (χ2v) is 7.05. The Labute approximate surface area is 164 Å². The maximum Gasteiger partial charge on any atom is 0.276 e. The van der Waals surface area contributed by atoms with Crippen molar-refractivity contribution in [2.75, 3.05) is 18.4 Å². The second kappa shape index (κ2) is 8.27. The SMILES string of the molecule is Cc1cccc(Oc2ccccc2NC(=O)c2ccn(C3CCCNC3)n2)c1. The second-order valence-electron chi connectivity index (χ2n) is 7.05. The monoisotopic (exact) mass is 376 g/mol. The fraction of sp³-hybridized carbons (Fsp3) is 0.273. The van der Waals surface area contributed by atoms with E-state index in [-0.39, 0.29) is 5.91 Å². The van der Waals surface area contributed by atoms with E-state index < -0.39 is 0 Å². The summed E-state index contributed by atoms with van der Waals surface area (Å²) >= 11 is 0. The van der Waals surface area contributed by atoms with Gasteiger partial charge in [0, 0.05) is 12.7 Å². The number of piperidine rings is 1. The lowest BCUT2D eigenvalue weighted by atomic mass is 10.1. The number of nitrogens with zero attached hydrogens (tertiary/aromatic N) is 2. The van der Waals surface area contributed by atoms with Gasteiger partial charge >= 0.3 is 0 Å². The maximum atomic E-state index is 12.7. The van der Waals surface area contributed by atoms with Gasteiger partial charge in [0.2, 0.25) is 0 Å². The molecule has 2 N–H and O–H groups in total. The van der Waals surface area contributed by atoms with Gasteiger partial charge in [0.25, 0.3) is 5.91 Å². The molecule has 6 heteroatoms. The van der Waals surface area contributed by atoms with Gasteiger partial charge < -0.3 is 15.4 Å². The zero-order valence-corrected chi connectivity index (χ0v) is 15.9. The number of benzene rings is 2. The molecule has 2 heterocycles. The molecule has 0 saturated carbocycles. The van der Waals surface area contributed by atoms with E-state index in [9.17, 15) is 4.79 Å². The number of anilines is 1. The third kappa shape index (κ3) is 4.23. The molecule has 1 aliphatic rings. The van der Waals surface area contributed by atoms with Crippen molar-refractivity contribution in [1.29, 1.82) is 0 Å². The summed E-state index contributed by atoms with van der Waals surface area (Å²) in [5, 5.41) is 10.8. The Morgan fingerprint density at radius 1 is 1.21 bits per heavy atom. The first-order chi connectivity index (χ1) is 13.7. The lowest BCUT2D eigenvalue weighted by molar-refractivity contribution is 0.102. The Balaban J connectivity index is 1.48. The minimum atomic E-state index is -0.247. The summed E-state index contributed by atoms with van der Waals surface area (Å²) < 4.78 is 7.86. The average Bonchev–Trinajstić information content (AvgIpc) is 3.21. The van der Waals surface area contributed by atoms with Gasteiger partial charge in [0.15, 0.2) is 11.4 Å². The molecule has 6 nitrogen and oxygen atoms in total. The number of hydrogen-bond donors (Lipinski definition) is 2. The van der Waals surface area contributed by atoms with E-state index in [1.165, 1.54) is 0 Å². The smallest absolute Gasteiger partial charge is 0.276 e. The molecule has 0 bridgehead atoms. The molecule has 3 aromatic rings. The molecule has 1 aliphatic heterocycles. The molecule has 4 rings (SSSR count). The molecule has 1 atom stereocenters. The summed E-state index contributed by atoms with van der Waals surface area (Å²) in [6.45, 7) is 3.94. The van der Waals surface area contributed by atoms with Crippen LogP contribution in [0.4, 0.5) is 5.69 Å². The lowest BCUT2D eigenvalue weighted by Gasteiger charge is -2.22. The minimum absolute atomic E-state index is 0.247. The topological polar surface area (TPSA) is 68.2 Å². The minimum Gasteiger partial charge on any atom is -0.455 e. The molecular formula is C22H24N4O2. The fourth-order valence-corrected chi connectivity index (χ4v) is 3.37. The standard InChI is InChI=1S/C22H24N4O2/c1-16-6-4-8-18(14-16)28-21-10-3-2-9-19(21)24-22(27)20-11-13-26(25-20)17-7-5-12-23-15-17/h2-4,6,8-11,13-14,17,23H,5,7,12,15H2,1H3,(H,24,27). The quantitative estimate of drug-likeness (QED) is 0.702. The first-order valence-electron chi connectivity index (χ1n) is 9.60. The van der Waals surface area contributed by atoms with E-state index in [1.54, 1.807) is 6.07 Å². The van der Waals surface area contributed by atoms with Crippen LogP contribution < -0.4 is 15.4 Å². The molecule has 1 fully saturated rings. The number of nitrogens with one attached hydrogen (secondary N) is 2. The van der Waals surface area contributed by atoms with Gasteiger partial charge in [-0.15, -0.1) is 0 Å². The van der Waals surface area contributed by atoms with E-state index in [1.807, 2.05) is 66.3 Å². The Kier molecular flexibility index (Phi) is 5.39. The number of aromatic nitrogens is 2. The molecule has 1 unspecified atom stereocenters. The van der Waals surface area contributed by atoms with Crippen molar-refractivity contribution in [3.8, 4) is 11.5 Å². The lowest BCUT2D eigenvalue weighted by Crippen LogP contribution is -2.32. The summed E-state index contributed by atoms with van der Waals surface area (Å²) in [6.07, 6.45) is 4.07. The van der Waals surface area contributed by atoms with Crippen molar-refractivity contribution in [2.24, 2.45) is 0 Å². The third-order valence-electron chi connectivity index (χ3n) is 4.84. The summed E-state index contributed by atoms with van der Waals surface area (Å²) in [5.74, 6) is 1.08. The highest BCUT2D eigenvalue weighted by Gasteiger charge is 2.18. The zero-order valence-electron chi connectivity index (χ0n) is 15.9. The van der Waals surface area contributed by atoms with Gasteiger partial charge in [-0.2, -0.15) is 5.10 Å². The first kappa shape index (κ1) is 18.3. The van der Waals surface area contributed by atoms with Gasteiger partial charge in [-0.1, -0.05) is 24.3 Å². The molecule has 1 amide bonds. The van der Waals surface area contributed by atoms with Crippen LogP contribution in [0.1, 0.15) is 34.9 Å². The summed E-state index contributed by atoms with van der Waals surface area (Å²) in [5.41, 5.74) is 2.13.